The lowest BCUT2D eigenvalue weighted by Crippen LogP contribution is -2.42. The maximum Gasteiger partial charge on any atom is 0.238 e. The molecule has 1 aliphatic rings. The van der Waals surface area contributed by atoms with Crippen LogP contribution in [-0.4, -0.2) is 40.3 Å². The molecule has 32 heavy (non-hydrogen) atoms. The van der Waals surface area contributed by atoms with Gasteiger partial charge in [-0.25, -0.2) is 13.6 Å². The van der Waals surface area contributed by atoms with Gasteiger partial charge < -0.3 is 15.8 Å². The van der Waals surface area contributed by atoms with Crippen molar-refractivity contribution in [2.45, 2.75) is 18.2 Å². The normalized spacial score (nSPS) is 16.0. The number of nitrogens with one attached hydrogen (secondary N) is 1. The van der Waals surface area contributed by atoms with Gasteiger partial charge in [0.25, 0.3) is 0 Å². The highest BCUT2D eigenvalue weighted by Gasteiger charge is 2.32. The third-order valence-corrected chi connectivity index (χ3v) is 6.30. The number of halogens is 1. The second-order valence-corrected chi connectivity index (χ2v) is 9.90. The topological polar surface area (TPSA) is 137 Å². The lowest BCUT2D eigenvalue weighted by atomic mass is 9.89. The molecule has 0 spiro atoms. The molecule has 0 unspecified atom stereocenters. The number of hydrogen-bond acceptors (Lipinski definition) is 6. The third-order valence-electron chi connectivity index (χ3n) is 4.98. The maximum atomic E-state index is 12.4. The van der Waals surface area contributed by atoms with Gasteiger partial charge in [0.15, 0.2) is 0 Å². The highest BCUT2D eigenvalue weighted by molar-refractivity contribution is 7.89. The summed E-state index contributed by atoms with van der Waals surface area (Å²) < 4.78 is 29.7. The van der Waals surface area contributed by atoms with E-state index in [1.54, 1.807) is 30.3 Å². The quantitative estimate of drug-likeness (QED) is 0.503. The molecule has 1 amide bonds. The summed E-state index contributed by atoms with van der Waals surface area (Å²) in [5, 5.41) is 8.59. The van der Waals surface area contributed by atoms with Crippen LogP contribution in [-0.2, 0) is 26.0 Å². The molecular formula is C22H25ClN4O4S. The van der Waals surface area contributed by atoms with Crippen molar-refractivity contribution in [2.24, 2.45) is 21.3 Å². The van der Waals surface area contributed by atoms with E-state index in [-0.39, 0.29) is 33.9 Å². The molecule has 5 N–H and O–H groups in total. The Balaban J connectivity index is 1.81. The van der Waals surface area contributed by atoms with Crippen LogP contribution in [0.5, 0.6) is 0 Å². The number of amides is 1. The Morgan fingerprint density at radius 2 is 2.00 bits per heavy atom. The maximum absolute atomic E-state index is 12.4. The molecule has 170 valence electrons. The van der Waals surface area contributed by atoms with Crippen LogP contribution in [0.25, 0.3) is 5.57 Å². The summed E-state index contributed by atoms with van der Waals surface area (Å²) in [6, 6.07) is 11.4. The number of hydrogen-bond donors (Lipinski definition) is 3. The van der Waals surface area contributed by atoms with Crippen LogP contribution in [0.2, 0.25) is 5.02 Å². The molecule has 0 bridgehead atoms. The van der Waals surface area contributed by atoms with Gasteiger partial charge in [-0.3, -0.25) is 9.79 Å². The van der Waals surface area contributed by atoms with Crippen molar-refractivity contribution in [3.63, 3.8) is 0 Å². The summed E-state index contributed by atoms with van der Waals surface area (Å²) in [5.41, 5.74) is 7.33. The van der Waals surface area contributed by atoms with Crippen LogP contribution in [0, 0.1) is 5.41 Å². The van der Waals surface area contributed by atoms with Crippen LogP contribution >= 0.6 is 11.6 Å². The molecule has 1 heterocycles. The van der Waals surface area contributed by atoms with Gasteiger partial charge in [-0.15, -0.1) is 0 Å². The van der Waals surface area contributed by atoms with Crippen molar-refractivity contribution in [1.29, 1.82) is 0 Å². The summed E-state index contributed by atoms with van der Waals surface area (Å²) in [6.45, 7) is 3.81. The van der Waals surface area contributed by atoms with Crippen LogP contribution in [0.3, 0.4) is 0 Å². The summed E-state index contributed by atoms with van der Waals surface area (Å²) in [7, 11) is -4.11. The van der Waals surface area contributed by atoms with E-state index in [1.165, 1.54) is 24.5 Å². The predicted octanol–water partition coefficient (Wildman–Crippen LogP) is 2.58. The number of rotatable bonds is 8. The van der Waals surface area contributed by atoms with Gasteiger partial charge in [0.1, 0.15) is 0 Å². The zero-order valence-electron chi connectivity index (χ0n) is 17.5. The van der Waals surface area contributed by atoms with Gasteiger partial charge in [-0.2, -0.15) is 0 Å². The molecule has 2 aromatic carbocycles. The average molecular weight is 477 g/mol. The standard InChI is InChI=1S/C22H25ClN4O4S/c1-22(13-31-14-22)12-26-11-16(10-24)18-7-6-17(9-20(18)32(25,29)30)27-21(28)8-15-4-2-3-5-19(15)23/h2-7,9-11H,8,12-14,24H2,1H3,(H,27,28)(H2,25,29,30)/b16-10+,26-11?. The van der Waals surface area contributed by atoms with Crippen molar-refractivity contribution in [1.82, 2.24) is 0 Å². The van der Waals surface area contributed by atoms with E-state index in [1.807, 2.05) is 0 Å². The van der Waals surface area contributed by atoms with Crippen molar-refractivity contribution in [2.75, 3.05) is 25.1 Å². The Morgan fingerprint density at radius 1 is 1.28 bits per heavy atom. The number of anilines is 1. The number of nitrogens with zero attached hydrogens (tertiary/aromatic N) is 1. The monoisotopic (exact) mass is 476 g/mol. The van der Waals surface area contributed by atoms with E-state index < -0.39 is 10.0 Å². The van der Waals surface area contributed by atoms with Gasteiger partial charge in [-0.1, -0.05) is 42.8 Å². The number of allylic oxidation sites excluding steroid dienone is 1. The third kappa shape index (κ3) is 5.95. The minimum absolute atomic E-state index is 0.0330. The molecule has 1 fully saturated rings. The number of benzene rings is 2. The van der Waals surface area contributed by atoms with E-state index in [0.717, 1.165) is 0 Å². The Hall–Kier alpha value is -2.72. The Labute approximate surface area is 192 Å². The van der Waals surface area contributed by atoms with Crippen molar-refractivity contribution in [3.8, 4) is 0 Å². The Morgan fingerprint density at radius 3 is 2.59 bits per heavy atom. The van der Waals surface area contributed by atoms with Crippen LogP contribution in [0.15, 0.2) is 58.6 Å². The number of primary sulfonamides is 1. The molecule has 0 radical (unpaired) electrons. The molecule has 0 atom stereocenters. The molecule has 2 aromatic rings. The van der Waals surface area contributed by atoms with E-state index in [0.29, 0.717) is 35.9 Å². The van der Waals surface area contributed by atoms with Crippen LogP contribution < -0.4 is 16.2 Å². The fourth-order valence-corrected chi connectivity index (χ4v) is 4.19. The number of nitrogens with two attached hydrogens (primary N) is 2. The number of carbonyl (C=O) groups is 1. The number of ether oxygens (including phenoxy) is 1. The van der Waals surface area contributed by atoms with Crippen LogP contribution in [0.4, 0.5) is 5.69 Å². The largest absolute Gasteiger partial charge is 0.404 e. The van der Waals surface area contributed by atoms with Gasteiger partial charge >= 0.3 is 0 Å². The molecule has 0 aliphatic carbocycles. The molecule has 0 aromatic heterocycles. The minimum Gasteiger partial charge on any atom is -0.404 e. The highest BCUT2D eigenvalue weighted by Crippen LogP contribution is 2.28. The zero-order valence-corrected chi connectivity index (χ0v) is 19.1. The summed E-state index contributed by atoms with van der Waals surface area (Å²) in [6.07, 6.45) is 2.82. The fraction of sp³-hybridized carbons (Fsp3) is 0.273. The zero-order chi connectivity index (χ0) is 23.4. The highest BCUT2D eigenvalue weighted by atomic mass is 35.5. The van der Waals surface area contributed by atoms with E-state index in [4.69, 9.17) is 27.2 Å². The van der Waals surface area contributed by atoms with Crippen molar-refractivity contribution < 1.29 is 17.9 Å². The summed E-state index contributed by atoms with van der Waals surface area (Å²) in [4.78, 5) is 16.6. The summed E-state index contributed by atoms with van der Waals surface area (Å²) in [5.74, 6) is -0.349. The Bertz CT molecular complexity index is 1170. The van der Waals surface area contributed by atoms with E-state index in [9.17, 15) is 13.2 Å². The molecular weight excluding hydrogens is 452 g/mol. The first kappa shape index (κ1) is 23.9. The van der Waals surface area contributed by atoms with Gasteiger partial charge in [0, 0.05) is 46.2 Å². The first-order chi connectivity index (χ1) is 15.1. The SMILES string of the molecule is CC1(CN=C/C(=C\N)c2ccc(NC(=O)Cc3ccccc3Cl)cc2S(N)(=O)=O)COC1. The lowest BCUT2D eigenvalue weighted by molar-refractivity contribution is -0.115. The smallest absolute Gasteiger partial charge is 0.238 e. The average Bonchev–Trinajstić information content (AvgIpc) is 2.71. The predicted molar refractivity (Wildman–Crippen MR) is 126 cm³/mol. The first-order valence-electron chi connectivity index (χ1n) is 9.81. The van der Waals surface area contributed by atoms with Gasteiger partial charge in [0.2, 0.25) is 15.9 Å². The molecule has 1 aliphatic heterocycles. The second kappa shape index (κ2) is 9.83. The second-order valence-electron chi connectivity index (χ2n) is 7.97. The first-order valence-corrected chi connectivity index (χ1v) is 11.7. The molecule has 1 saturated heterocycles. The van der Waals surface area contributed by atoms with Crippen molar-refractivity contribution >= 4 is 45.0 Å². The van der Waals surface area contributed by atoms with Gasteiger partial charge in [-0.05, 0) is 23.8 Å². The minimum atomic E-state index is -4.11. The molecule has 3 rings (SSSR count). The molecule has 0 saturated carbocycles. The summed E-state index contributed by atoms with van der Waals surface area (Å²) >= 11 is 6.10. The fourth-order valence-electron chi connectivity index (χ4n) is 3.20. The van der Waals surface area contributed by atoms with Crippen LogP contribution in [0.1, 0.15) is 18.1 Å². The number of sulfonamides is 1. The van der Waals surface area contributed by atoms with E-state index >= 15 is 0 Å². The molecule has 8 nitrogen and oxygen atoms in total. The number of aliphatic imine (C=N–C) groups is 1. The molecule has 10 heteroatoms. The van der Waals surface area contributed by atoms with Crippen molar-refractivity contribution in [3.05, 3.63) is 64.8 Å². The number of carbonyl (C=O) groups excluding carboxylic acids is 1. The van der Waals surface area contributed by atoms with E-state index in [2.05, 4.69) is 17.2 Å². The Kier molecular flexibility index (Phi) is 7.35. The lowest BCUT2D eigenvalue weighted by Gasteiger charge is -2.36. The van der Waals surface area contributed by atoms with Gasteiger partial charge in [0.05, 0.1) is 24.5 Å².